The average Bonchev–Trinajstić information content (AvgIpc) is 2.99. The Balaban J connectivity index is 1.65. The number of halogens is 1. The van der Waals surface area contributed by atoms with Crippen LogP contribution in [0.15, 0.2) is 24.3 Å². The molecule has 7 heteroatoms. The maximum absolute atomic E-state index is 12.6. The first-order valence-corrected chi connectivity index (χ1v) is 9.17. The van der Waals surface area contributed by atoms with Crippen LogP contribution in [0.2, 0.25) is 5.02 Å². The summed E-state index contributed by atoms with van der Waals surface area (Å²) in [5.41, 5.74) is 1.72. The quantitative estimate of drug-likeness (QED) is 0.889. The summed E-state index contributed by atoms with van der Waals surface area (Å²) in [5, 5.41) is 12.4. The lowest BCUT2D eigenvalue weighted by atomic mass is 10.0. The highest BCUT2D eigenvalue weighted by Crippen LogP contribution is 2.15. The van der Waals surface area contributed by atoms with Gasteiger partial charge in [0.2, 0.25) is 0 Å². The van der Waals surface area contributed by atoms with E-state index in [2.05, 4.69) is 27.3 Å². The molecule has 3 rings (SSSR count). The van der Waals surface area contributed by atoms with Gasteiger partial charge in [-0.1, -0.05) is 24.6 Å². The van der Waals surface area contributed by atoms with Crippen molar-refractivity contribution in [1.29, 1.82) is 0 Å². The van der Waals surface area contributed by atoms with E-state index in [9.17, 15) is 4.79 Å². The highest BCUT2D eigenvalue weighted by Gasteiger charge is 2.23. The molecule has 1 aliphatic rings. The van der Waals surface area contributed by atoms with Gasteiger partial charge in [0.1, 0.15) is 0 Å². The molecular formula is C18H24ClN5O. The van der Waals surface area contributed by atoms with Gasteiger partial charge < -0.3 is 10.2 Å². The van der Waals surface area contributed by atoms with Gasteiger partial charge in [-0.25, -0.2) is 0 Å². The topological polar surface area (TPSA) is 63.1 Å². The number of benzene rings is 1. The van der Waals surface area contributed by atoms with Gasteiger partial charge in [0.15, 0.2) is 5.69 Å². The Bertz CT molecular complexity index is 737. The lowest BCUT2D eigenvalue weighted by Gasteiger charge is -2.31. The minimum Gasteiger partial charge on any atom is -0.348 e. The van der Waals surface area contributed by atoms with Crippen molar-refractivity contribution in [1.82, 2.24) is 25.2 Å². The van der Waals surface area contributed by atoms with Gasteiger partial charge in [0.25, 0.3) is 5.91 Å². The fourth-order valence-corrected chi connectivity index (χ4v) is 3.36. The molecule has 0 atom stereocenters. The fourth-order valence-electron chi connectivity index (χ4n) is 3.18. The lowest BCUT2D eigenvalue weighted by Crippen LogP contribution is -2.45. The summed E-state index contributed by atoms with van der Waals surface area (Å²) in [6, 6.07) is 7.46. The second-order valence-electron chi connectivity index (χ2n) is 6.49. The van der Waals surface area contributed by atoms with Gasteiger partial charge in [-0.15, -0.1) is 5.10 Å². The predicted octanol–water partition coefficient (Wildman–Crippen LogP) is 2.83. The zero-order valence-electron chi connectivity index (χ0n) is 14.7. The third-order valence-electron chi connectivity index (χ3n) is 4.50. The number of likely N-dealkylation sites (tertiary alicyclic amines) is 1. The Morgan fingerprint density at radius 3 is 2.76 bits per heavy atom. The molecule has 1 aliphatic heterocycles. The maximum Gasteiger partial charge on any atom is 0.273 e. The third kappa shape index (κ3) is 4.38. The van der Waals surface area contributed by atoms with Crippen molar-refractivity contribution < 1.29 is 4.79 Å². The smallest absolute Gasteiger partial charge is 0.273 e. The molecule has 1 fully saturated rings. The molecule has 1 aromatic carbocycles. The molecule has 1 N–H and O–H groups in total. The van der Waals surface area contributed by atoms with Gasteiger partial charge in [-0.3, -0.25) is 4.79 Å². The van der Waals surface area contributed by atoms with Crippen LogP contribution in [0.1, 0.15) is 42.4 Å². The second kappa shape index (κ2) is 7.97. The number of nitrogens with zero attached hydrogens (tertiary/aromatic N) is 4. The molecule has 0 aliphatic carbocycles. The maximum atomic E-state index is 12.6. The highest BCUT2D eigenvalue weighted by atomic mass is 35.5. The average molecular weight is 362 g/mol. The van der Waals surface area contributed by atoms with Gasteiger partial charge in [-0.2, -0.15) is 9.90 Å². The number of rotatable bonds is 5. The molecule has 1 aromatic heterocycles. The number of hydrogen-bond acceptors (Lipinski definition) is 4. The minimum absolute atomic E-state index is 0.153. The Hall–Kier alpha value is -1.92. The van der Waals surface area contributed by atoms with Crippen LogP contribution < -0.4 is 5.32 Å². The van der Waals surface area contributed by atoms with Gasteiger partial charge >= 0.3 is 0 Å². The summed E-state index contributed by atoms with van der Waals surface area (Å²) < 4.78 is 0. The largest absolute Gasteiger partial charge is 0.348 e. The van der Waals surface area contributed by atoms with Crippen molar-refractivity contribution in [3.63, 3.8) is 0 Å². The Morgan fingerprint density at radius 1 is 1.32 bits per heavy atom. The van der Waals surface area contributed by atoms with Crippen LogP contribution in [0.25, 0.3) is 5.69 Å². The highest BCUT2D eigenvalue weighted by molar-refractivity contribution is 6.30. The zero-order valence-corrected chi connectivity index (χ0v) is 15.5. The molecule has 25 heavy (non-hydrogen) atoms. The van der Waals surface area contributed by atoms with Crippen LogP contribution >= 0.6 is 11.6 Å². The standard InChI is InChI=1S/C18H24ClN5O/c1-3-9-23-10-7-15(8-11-23)20-18(25)17-13(2)21-24(22-17)16-6-4-5-14(19)12-16/h4-6,12,15H,3,7-11H2,1-2H3,(H,20,25). The monoisotopic (exact) mass is 361 g/mol. The van der Waals surface area contributed by atoms with Crippen LogP contribution in [-0.2, 0) is 0 Å². The first kappa shape index (κ1) is 17.9. The number of hydrogen-bond donors (Lipinski definition) is 1. The normalized spacial score (nSPS) is 16.1. The van der Waals surface area contributed by atoms with Crippen molar-refractivity contribution in [2.45, 2.75) is 39.2 Å². The van der Waals surface area contributed by atoms with Crippen LogP contribution in [0, 0.1) is 6.92 Å². The minimum atomic E-state index is -0.153. The molecule has 0 unspecified atom stereocenters. The third-order valence-corrected chi connectivity index (χ3v) is 4.73. The number of piperidine rings is 1. The van der Waals surface area contributed by atoms with Crippen LogP contribution in [-0.4, -0.2) is 51.5 Å². The number of aromatic nitrogens is 3. The van der Waals surface area contributed by atoms with Gasteiger partial charge in [-0.05, 0) is 50.9 Å². The van der Waals surface area contributed by atoms with Crippen LogP contribution in [0.5, 0.6) is 0 Å². The van der Waals surface area contributed by atoms with Crippen LogP contribution in [0.4, 0.5) is 0 Å². The lowest BCUT2D eigenvalue weighted by molar-refractivity contribution is 0.0905. The van der Waals surface area contributed by atoms with Crippen molar-refractivity contribution in [2.75, 3.05) is 19.6 Å². The summed E-state index contributed by atoms with van der Waals surface area (Å²) in [7, 11) is 0. The van der Waals surface area contributed by atoms with Crippen LogP contribution in [0.3, 0.4) is 0 Å². The SMILES string of the molecule is CCCN1CCC(NC(=O)c2nn(-c3cccc(Cl)c3)nc2C)CC1. The summed E-state index contributed by atoms with van der Waals surface area (Å²) in [6.07, 6.45) is 3.13. The summed E-state index contributed by atoms with van der Waals surface area (Å²) in [6.45, 7) is 7.19. The molecular weight excluding hydrogens is 338 g/mol. The van der Waals surface area contributed by atoms with Gasteiger partial charge in [0, 0.05) is 24.2 Å². The molecule has 6 nitrogen and oxygen atoms in total. The molecule has 1 saturated heterocycles. The van der Waals surface area contributed by atoms with Crippen molar-refractivity contribution >= 4 is 17.5 Å². The molecule has 2 heterocycles. The first-order chi connectivity index (χ1) is 12.1. The first-order valence-electron chi connectivity index (χ1n) is 8.80. The molecule has 0 saturated carbocycles. The van der Waals surface area contributed by atoms with E-state index in [-0.39, 0.29) is 11.9 Å². The van der Waals surface area contributed by atoms with Crippen molar-refractivity contribution in [3.05, 3.63) is 40.7 Å². The number of aryl methyl sites for hydroxylation is 1. The van der Waals surface area contributed by atoms with E-state index >= 15 is 0 Å². The molecule has 1 amide bonds. The number of amides is 1. The zero-order chi connectivity index (χ0) is 17.8. The number of carbonyl (C=O) groups is 1. The Kier molecular flexibility index (Phi) is 5.71. The van der Waals surface area contributed by atoms with E-state index in [0.717, 1.165) is 38.2 Å². The summed E-state index contributed by atoms with van der Waals surface area (Å²) >= 11 is 6.01. The van der Waals surface area contributed by atoms with E-state index < -0.39 is 0 Å². The van der Waals surface area contributed by atoms with E-state index in [0.29, 0.717) is 16.4 Å². The number of nitrogens with one attached hydrogen (secondary N) is 1. The van der Waals surface area contributed by atoms with E-state index in [1.807, 2.05) is 12.1 Å². The summed E-state index contributed by atoms with van der Waals surface area (Å²) in [4.78, 5) is 16.5. The van der Waals surface area contributed by atoms with E-state index in [1.54, 1.807) is 19.1 Å². The van der Waals surface area contributed by atoms with E-state index in [4.69, 9.17) is 11.6 Å². The molecule has 0 bridgehead atoms. The molecule has 2 aromatic rings. The van der Waals surface area contributed by atoms with E-state index in [1.165, 1.54) is 11.2 Å². The fraction of sp³-hybridized carbons (Fsp3) is 0.500. The Labute approximate surface area is 153 Å². The second-order valence-corrected chi connectivity index (χ2v) is 6.93. The van der Waals surface area contributed by atoms with Crippen molar-refractivity contribution in [3.8, 4) is 5.69 Å². The predicted molar refractivity (Wildman–Crippen MR) is 98.3 cm³/mol. The Morgan fingerprint density at radius 2 is 2.08 bits per heavy atom. The van der Waals surface area contributed by atoms with Crippen molar-refractivity contribution in [2.24, 2.45) is 0 Å². The number of carbonyl (C=O) groups excluding carboxylic acids is 1. The molecule has 0 spiro atoms. The molecule has 134 valence electrons. The molecule has 0 radical (unpaired) electrons. The summed E-state index contributed by atoms with van der Waals surface area (Å²) in [5.74, 6) is -0.153. The van der Waals surface area contributed by atoms with Gasteiger partial charge in [0.05, 0.1) is 11.4 Å².